The van der Waals surface area contributed by atoms with E-state index < -0.39 is 5.91 Å². The summed E-state index contributed by atoms with van der Waals surface area (Å²) < 4.78 is 0.499. The fraction of sp³-hybridized carbons (Fsp3) is 0. The van der Waals surface area contributed by atoms with Crippen LogP contribution in [0.4, 0.5) is 5.69 Å². The molecule has 0 spiro atoms. The second-order valence-electron chi connectivity index (χ2n) is 5.02. The van der Waals surface area contributed by atoms with Crippen LogP contribution in [0, 0.1) is 0 Å². The average molecular weight is 459 g/mol. The fourth-order valence-electron chi connectivity index (χ4n) is 1.98. The number of thiophene rings is 1. The summed E-state index contributed by atoms with van der Waals surface area (Å²) in [5, 5.41) is 4.41. The summed E-state index contributed by atoms with van der Waals surface area (Å²) in [5.41, 5.74) is 0.569. The van der Waals surface area contributed by atoms with Gasteiger partial charge in [-0.2, -0.15) is 0 Å². The van der Waals surface area contributed by atoms with Gasteiger partial charge in [0, 0.05) is 6.20 Å². The monoisotopic (exact) mass is 457 g/mol. The van der Waals surface area contributed by atoms with Crippen LogP contribution in [-0.2, 0) is 0 Å². The van der Waals surface area contributed by atoms with E-state index in [1.807, 2.05) is 6.07 Å². The first-order valence-electron chi connectivity index (χ1n) is 7.39. The molecular formula is C17H10Cl3N3O2S2. The molecule has 0 aliphatic rings. The van der Waals surface area contributed by atoms with Gasteiger partial charge in [0.15, 0.2) is 0 Å². The Morgan fingerprint density at radius 3 is 2.52 bits per heavy atom. The van der Waals surface area contributed by atoms with E-state index in [4.69, 9.17) is 51.9 Å². The van der Waals surface area contributed by atoms with Crippen LogP contribution < -0.4 is 15.2 Å². The minimum atomic E-state index is -0.406. The van der Waals surface area contributed by atoms with Gasteiger partial charge in [-0.1, -0.05) is 53.0 Å². The second-order valence-corrected chi connectivity index (χ2v) is 7.97. The van der Waals surface area contributed by atoms with Gasteiger partial charge >= 0.3 is 0 Å². The first-order valence-corrected chi connectivity index (χ1v) is 9.75. The molecule has 0 aliphatic carbocycles. The predicted octanol–water partition coefficient (Wildman–Crippen LogP) is 5.62. The zero-order chi connectivity index (χ0) is 19.4. The molecule has 3 aromatic rings. The van der Waals surface area contributed by atoms with Crippen molar-refractivity contribution < 1.29 is 9.63 Å². The number of pyridine rings is 1. The third kappa shape index (κ3) is 5.09. The number of nitrogens with one attached hydrogen (secondary N) is 1. The van der Waals surface area contributed by atoms with Gasteiger partial charge in [0.2, 0.25) is 5.11 Å². The number of amides is 1. The number of hydrogen-bond donors (Lipinski definition) is 1. The number of benzene rings is 1. The molecule has 27 heavy (non-hydrogen) atoms. The Kier molecular flexibility index (Phi) is 6.51. The summed E-state index contributed by atoms with van der Waals surface area (Å²) in [6, 6.07) is 13.7. The van der Waals surface area contributed by atoms with Crippen molar-refractivity contribution in [1.29, 1.82) is 0 Å². The van der Waals surface area contributed by atoms with Gasteiger partial charge in [-0.3, -0.25) is 10.1 Å². The molecule has 5 nitrogen and oxygen atoms in total. The molecule has 0 aliphatic heterocycles. The van der Waals surface area contributed by atoms with Gasteiger partial charge in [-0.15, -0.1) is 16.4 Å². The van der Waals surface area contributed by atoms with E-state index in [0.29, 0.717) is 19.9 Å². The number of rotatable bonds is 4. The first kappa shape index (κ1) is 19.9. The van der Waals surface area contributed by atoms with Crippen LogP contribution >= 0.6 is 58.4 Å². The van der Waals surface area contributed by atoms with Gasteiger partial charge < -0.3 is 4.84 Å². The van der Waals surface area contributed by atoms with Gasteiger partial charge in [0.1, 0.15) is 5.02 Å². The van der Waals surface area contributed by atoms with Crippen molar-refractivity contribution in [3.63, 3.8) is 0 Å². The van der Waals surface area contributed by atoms with E-state index in [1.54, 1.807) is 36.4 Å². The summed E-state index contributed by atoms with van der Waals surface area (Å²) in [6.07, 6.45) is 1.39. The number of para-hydroxylation sites is 1. The van der Waals surface area contributed by atoms with Crippen molar-refractivity contribution in [3.8, 4) is 5.88 Å². The minimum Gasteiger partial charge on any atom is -0.350 e. The first-order chi connectivity index (χ1) is 12.9. The molecule has 0 bridgehead atoms. The largest absolute Gasteiger partial charge is 0.350 e. The number of hydrogen-bond acceptors (Lipinski definition) is 5. The summed E-state index contributed by atoms with van der Waals surface area (Å²) in [4.78, 5) is 22.6. The highest BCUT2D eigenvalue weighted by molar-refractivity contribution is 7.80. The van der Waals surface area contributed by atoms with Gasteiger partial charge in [-0.05, 0) is 42.5 Å². The lowest BCUT2D eigenvalue weighted by Gasteiger charge is -2.24. The molecule has 0 saturated carbocycles. The smallest absolute Gasteiger partial charge is 0.267 e. The zero-order valence-electron chi connectivity index (χ0n) is 13.4. The molecule has 0 fully saturated rings. The third-order valence-electron chi connectivity index (χ3n) is 3.14. The molecule has 3 rings (SSSR count). The van der Waals surface area contributed by atoms with Crippen molar-refractivity contribution in [3.05, 3.63) is 74.0 Å². The molecule has 2 heterocycles. The van der Waals surface area contributed by atoms with Crippen LogP contribution in [0.3, 0.4) is 0 Å². The van der Waals surface area contributed by atoms with E-state index in [0.717, 1.165) is 11.3 Å². The second kappa shape index (κ2) is 8.86. The molecule has 1 amide bonds. The third-order valence-corrected chi connectivity index (χ3v) is 5.12. The van der Waals surface area contributed by atoms with Crippen molar-refractivity contribution in [2.45, 2.75) is 0 Å². The van der Waals surface area contributed by atoms with Crippen LogP contribution in [-0.4, -0.2) is 16.0 Å². The number of thiocarbonyl (C=S) groups is 1. The van der Waals surface area contributed by atoms with Gasteiger partial charge in [0.05, 0.1) is 19.9 Å². The van der Waals surface area contributed by atoms with Crippen molar-refractivity contribution in [1.82, 2.24) is 10.3 Å². The van der Waals surface area contributed by atoms with Gasteiger partial charge in [0.25, 0.3) is 11.8 Å². The number of hydroxylamine groups is 1. The van der Waals surface area contributed by atoms with E-state index in [1.165, 1.54) is 17.3 Å². The molecule has 138 valence electrons. The maximum Gasteiger partial charge on any atom is 0.267 e. The Labute approximate surface area is 179 Å². The Hall–Kier alpha value is -1.90. The number of nitrogens with zero attached hydrogens (tertiary/aromatic N) is 2. The highest BCUT2D eigenvalue weighted by Gasteiger charge is 2.20. The summed E-state index contributed by atoms with van der Waals surface area (Å²) in [5.74, 6) is -0.322. The SMILES string of the molecule is O=C(NC(=S)N(Oc1ncc(Cl)cc1Cl)c1ccccc1)c1ccc(Cl)s1. The summed E-state index contributed by atoms with van der Waals surface area (Å²) in [7, 11) is 0. The lowest BCUT2D eigenvalue weighted by Crippen LogP contribution is -2.44. The molecule has 10 heteroatoms. The standard InChI is InChI=1S/C17H10Cl3N3O2S2/c18-10-8-12(19)16(21-9-10)25-23(11-4-2-1-3-5-11)17(26)22-15(24)13-6-7-14(20)27-13/h1-9H,(H,22,24,26). The fourth-order valence-corrected chi connectivity index (χ4v) is 3.56. The van der Waals surface area contributed by atoms with Crippen molar-refractivity contribution in [2.24, 2.45) is 0 Å². The Morgan fingerprint density at radius 2 is 1.89 bits per heavy atom. The molecule has 0 saturated heterocycles. The molecule has 0 atom stereocenters. The lowest BCUT2D eigenvalue weighted by atomic mass is 10.3. The highest BCUT2D eigenvalue weighted by atomic mass is 35.5. The number of carbonyl (C=O) groups is 1. The predicted molar refractivity (Wildman–Crippen MR) is 113 cm³/mol. The van der Waals surface area contributed by atoms with Crippen molar-refractivity contribution in [2.75, 3.05) is 5.06 Å². The van der Waals surface area contributed by atoms with Gasteiger partial charge in [-0.25, -0.2) is 4.98 Å². The maximum absolute atomic E-state index is 12.4. The van der Waals surface area contributed by atoms with E-state index >= 15 is 0 Å². The normalized spacial score (nSPS) is 10.3. The minimum absolute atomic E-state index is 0.00328. The number of carbonyl (C=O) groups excluding carboxylic acids is 1. The van der Waals surface area contributed by atoms with Crippen LogP contribution in [0.5, 0.6) is 5.88 Å². The lowest BCUT2D eigenvalue weighted by molar-refractivity contribution is 0.0979. The Morgan fingerprint density at radius 1 is 1.15 bits per heavy atom. The molecule has 0 radical (unpaired) electrons. The molecule has 1 aromatic carbocycles. The molecule has 1 N–H and O–H groups in total. The molecular weight excluding hydrogens is 449 g/mol. The highest BCUT2D eigenvalue weighted by Crippen LogP contribution is 2.27. The Balaban J connectivity index is 1.85. The molecule has 0 unspecified atom stereocenters. The number of aromatic nitrogens is 1. The van der Waals surface area contributed by atoms with Crippen LogP contribution in [0.1, 0.15) is 9.67 Å². The summed E-state index contributed by atoms with van der Waals surface area (Å²) >= 11 is 24.4. The van der Waals surface area contributed by atoms with E-state index in [-0.39, 0.29) is 16.0 Å². The number of halogens is 3. The van der Waals surface area contributed by atoms with Crippen LogP contribution in [0.25, 0.3) is 0 Å². The quantitative estimate of drug-likeness (QED) is 0.406. The zero-order valence-corrected chi connectivity index (χ0v) is 17.3. The average Bonchev–Trinajstić information content (AvgIpc) is 3.08. The number of anilines is 1. The van der Waals surface area contributed by atoms with Crippen LogP contribution in [0.2, 0.25) is 14.4 Å². The molecule has 2 aromatic heterocycles. The van der Waals surface area contributed by atoms with Crippen LogP contribution in [0.15, 0.2) is 54.7 Å². The Bertz CT molecular complexity index is 983. The topological polar surface area (TPSA) is 54.5 Å². The van der Waals surface area contributed by atoms with Crippen molar-refractivity contribution >= 4 is 75.1 Å². The van der Waals surface area contributed by atoms with E-state index in [2.05, 4.69) is 10.3 Å². The maximum atomic E-state index is 12.4. The van der Waals surface area contributed by atoms with E-state index in [9.17, 15) is 4.79 Å². The summed E-state index contributed by atoms with van der Waals surface area (Å²) in [6.45, 7) is 0.